The molecule has 3 heterocycles. The van der Waals surface area contributed by atoms with E-state index in [1.807, 2.05) is 30.0 Å². The number of hydrogen-bond acceptors (Lipinski definition) is 7. The van der Waals surface area contributed by atoms with E-state index in [1.165, 1.54) is 12.3 Å². The monoisotopic (exact) mass is 619 g/mol. The van der Waals surface area contributed by atoms with Crippen LogP contribution in [0.3, 0.4) is 0 Å². The third-order valence-electron chi connectivity index (χ3n) is 8.07. The summed E-state index contributed by atoms with van der Waals surface area (Å²) >= 11 is 6.95. The van der Waals surface area contributed by atoms with Crippen LogP contribution in [0.2, 0.25) is 5.02 Å². The number of anilines is 2. The van der Waals surface area contributed by atoms with Crippen molar-refractivity contribution in [2.24, 2.45) is 4.99 Å². The summed E-state index contributed by atoms with van der Waals surface area (Å²) < 4.78 is 25.5. The molecule has 1 fully saturated rings. The van der Waals surface area contributed by atoms with Crippen molar-refractivity contribution in [3.8, 4) is 11.3 Å². The maximum absolute atomic E-state index is 12.7. The molecule has 1 saturated heterocycles. The number of hydrogen-bond donors (Lipinski definition) is 0. The molecular formula is C33H38ClN5O3S. The van der Waals surface area contributed by atoms with Gasteiger partial charge in [0, 0.05) is 42.7 Å². The van der Waals surface area contributed by atoms with E-state index in [-0.39, 0.29) is 28.3 Å². The highest BCUT2D eigenvalue weighted by molar-refractivity contribution is 7.90. The average molecular weight is 620 g/mol. The fraction of sp³-hybridized carbons (Fsp3) is 0.364. The fourth-order valence-corrected chi connectivity index (χ4v) is 7.08. The molecule has 1 aromatic heterocycles. The Morgan fingerprint density at radius 2 is 1.70 bits per heavy atom. The summed E-state index contributed by atoms with van der Waals surface area (Å²) in [6.07, 6.45) is 2.55. The molecule has 2 atom stereocenters. The molecule has 2 unspecified atom stereocenters. The Morgan fingerprint density at radius 1 is 1.02 bits per heavy atom. The lowest BCUT2D eigenvalue weighted by atomic mass is 9.85. The van der Waals surface area contributed by atoms with Crippen LogP contribution in [0.5, 0.6) is 0 Å². The van der Waals surface area contributed by atoms with Gasteiger partial charge < -0.3 is 14.7 Å². The number of aromatic nitrogens is 1. The zero-order valence-electron chi connectivity index (χ0n) is 25.5. The van der Waals surface area contributed by atoms with Gasteiger partial charge >= 0.3 is 0 Å². The van der Waals surface area contributed by atoms with E-state index in [0.717, 1.165) is 22.6 Å². The number of sulfone groups is 1. The van der Waals surface area contributed by atoms with Crippen LogP contribution in [0.1, 0.15) is 45.7 Å². The summed E-state index contributed by atoms with van der Waals surface area (Å²) in [7, 11) is -3.55. The summed E-state index contributed by atoms with van der Waals surface area (Å²) in [6, 6.07) is 16.8. The highest BCUT2D eigenvalue weighted by Crippen LogP contribution is 2.42. The lowest BCUT2D eigenvalue weighted by molar-refractivity contribution is -0.130. The number of amidine groups is 1. The highest BCUT2D eigenvalue weighted by Gasteiger charge is 2.37. The second-order valence-electron chi connectivity index (χ2n) is 12.3. The maximum Gasteiger partial charge on any atom is 0.246 e. The molecule has 0 N–H and O–H groups in total. The number of benzene rings is 2. The summed E-state index contributed by atoms with van der Waals surface area (Å²) in [6.45, 7) is 15.7. The molecule has 1 amide bonds. The SMILES string of the molecule is C=CC(=O)N1CC(C)N(C2=NCN(c3ccccc3C(C)(C)C)c3nc(-c4ccccc4S(C)(=O)=O)c(Cl)cc32)CC1C. The van der Waals surface area contributed by atoms with Crippen molar-refractivity contribution in [2.75, 3.05) is 30.9 Å². The van der Waals surface area contributed by atoms with Gasteiger partial charge in [0.25, 0.3) is 0 Å². The van der Waals surface area contributed by atoms with E-state index in [9.17, 15) is 13.2 Å². The molecule has 0 bridgehead atoms. The van der Waals surface area contributed by atoms with Gasteiger partial charge in [0.2, 0.25) is 5.91 Å². The normalized spacial score (nSPS) is 19.1. The van der Waals surface area contributed by atoms with E-state index in [0.29, 0.717) is 41.9 Å². The number of para-hydroxylation sites is 1. The molecule has 0 saturated carbocycles. The van der Waals surface area contributed by atoms with Gasteiger partial charge in [-0.25, -0.2) is 18.4 Å². The number of amides is 1. The van der Waals surface area contributed by atoms with Gasteiger partial charge in [-0.15, -0.1) is 0 Å². The highest BCUT2D eigenvalue weighted by atomic mass is 35.5. The van der Waals surface area contributed by atoms with Crippen molar-refractivity contribution in [2.45, 2.75) is 57.0 Å². The second kappa shape index (κ2) is 11.4. The summed E-state index contributed by atoms with van der Waals surface area (Å²) in [5, 5.41) is 0.328. The molecule has 2 aromatic carbocycles. The number of fused-ring (bicyclic) bond motifs is 1. The first-order valence-electron chi connectivity index (χ1n) is 14.3. The van der Waals surface area contributed by atoms with Crippen LogP contribution in [0.4, 0.5) is 11.5 Å². The molecular weight excluding hydrogens is 582 g/mol. The first kappa shape index (κ1) is 30.8. The lowest BCUT2D eigenvalue weighted by Crippen LogP contribution is -2.59. The minimum atomic E-state index is -3.55. The van der Waals surface area contributed by atoms with Crippen LogP contribution in [0.15, 0.2) is 77.1 Å². The zero-order chi connectivity index (χ0) is 31.3. The molecule has 3 aromatic rings. The standard InChI is InChI=1S/C33H38ClN5O3S/c1-8-29(40)37-18-22(3)38(19-21(37)2)31-24-17-26(34)30(23-13-9-12-16-28(23)43(7,41)42)36-32(24)39(20-35-31)27-15-11-10-14-25(27)33(4,5)6/h8-17,21-22H,1,18-20H2,2-7H3. The number of halogens is 1. The van der Waals surface area contributed by atoms with Crippen LogP contribution in [0.25, 0.3) is 11.3 Å². The minimum absolute atomic E-state index is 0.0236. The second-order valence-corrected chi connectivity index (χ2v) is 14.7. The number of piperazine rings is 1. The van der Waals surface area contributed by atoms with Crippen LogP contribution < -0.4 is 4.90 Å². The van der Waals surface area contributed by atoms with Gasteiger partial charge in [0.05, 0.1) is 21.2 Å². The quantitative estimate of drug-likeness (QED) is 0.330. The average Bonchev–Trinajstić information content (AvgIpc) is 2.96. The largest absolute Gasteiger partial charge is 0.350 e. The van der Waals surface area contributed by atoms with Gasteiger partial charge in [-0.1, -0.05) is 75.3 Å². The van der Waals surface area contributed by atoms with Gasteiger partial charge in [-0.05, 0) is 49.1 Å². The first-order valence-corrected chi connectivity index (χ1v) is 16.6. The van der Waals surface area contributed by atoms with E-state index in [4.69, 9.17) is 21.6 Å². The zero-order valence-corrected chi connectivity index (χ0v) is 27.1. The fourth-order valence-electron chi connectivity index (χ4n) is 5.94. The molecule has 43 heavy (non-hydrogen) atoms. The van der Waals surface area contributed by atoms with Crippen LogP contribution in [-0.4, -0.2) is 73.0 Å². The first-order chi connectivity index (χ1) is 20.2. The number of nitrogens with zero attached hydrogens (tertiary/aromatic N) is 5. The molecule has 2 aliphatic heterocycles. The Hall–Kier alpha value is -3.69. The van der Waals surface area contributed by atoms with Crippen molar-refractivity contribution in [3.63, 3.8) is 0 Å². The van der Waals surface area contributed by atoms with Crippen LogP contribution >= 0.6 is 11.6 Å². The molecule has 10 heteroatoms. The predicted molar refractivity (Wildman–Crippen MR) is 174 cm³/mol. The number of carbonyl (C=O) groups is 1. The van der Waals surface area contributed by atoms with Gasteiger partial charge in [0.15, 0.2) is 9.84 Å². The maximum atomic E-state index is 12.7. The summed E-state index contributed by atoms with van der Waals surface area (Å²) in [4.78, 5) is 29.0. The van der Waals surface area contributed by atoms with Crippen LogP contribution in [-0.2, 0) is 20.0 Å². The summed E-state index contributed by atoms with van der Waals surface area (Å²) in [5.41, 5.74) is 3.54. The minimum Gasteiger partial charge on any atom is -0.350 e. The molecule has 0 aliphatic carbocycles. The van der Waals surface area contributed by atoms with Gasteiger partial charge in [-0.3, -0.25) is 4.79 Å². The molecule has 8 nitrogen and oxygen atoms in total. The smallest absolute Gasteiger partial charge is 0.246 e. The van der Waals surface area contributed by atoms with Gasteiger partial charge in [0.1, 0.15) is 18.3 Å². The Labute approximate surface area is 259 Å². The van der Waals surface area contributed by atoms with Crippen molar-refractivity contribution in [1.82, 2.24) is 14.8 Å². The van der Waals surface area contributed by atoms with E-state index < -0.39 is 9.84 Å². The molecule has 0 spiro atoms. The van der Waals surface area contributed by atoms with Crippen molar-refractivity contribution >= 4 is 44.7 Å². The molecule has 226 valence electrons. The Kier molecular flexibility index (Phi) is 8.17. The van der Waals surface area contributed by atoms with Crippen LogP contribution in [0, 0.1) is 0 Å². The van der Waals surface area contributed by atoms with Crippen molar-refractivity contribution < 1.29 is 13.2 Å². The predicted octanol–water partition coefficient (Wildman–Crippen LogP) is 6.07. The molecule has 0 radical (unpaired) electrons. The Bertz CT molecular complexity index is 1730. The van der Waals surface area contributed by atoms with Gasteiger partial charge in [-0.2, -0.15) is 0 Å². The molecule has 2 aliphatic rings. The third-order valence-corrected chi connectivity index (χ3v) is 9.52. The number of aliphatic imine (C=N–C) groups is 1. The summed E-state index contributed by atoms with van der Waals surface area (Å²) in [5.74, 6) is 1.31. The Morgan fingerprint density at radius 3 is 2.37 bits per heavy atom. The van der Waals surface area contributed by atoms with Crippen molar-refractivity contribution in [1.29, 1.82) is 0 Å². The number of pyridine rings is 1. The van der Waals surface area contributed by atoms with E-state index in [1.54, 1.807) is 24.3 Å². The lowest BCUT2D eigenvalue weighted by Gasteiger charge is -2.46. The van der Waals surface area contributed by atoms with E-state index >= 15 is 0 Å². The Balaban J connectivity index is 1.71. The van der Waals surface area contributed by atoms with Crippen molar-refractivity contribution in [3.05, 3.63) is 83.4 Å². The number of carbonyl (C=O) groups excluding carboxylic acids is 1. The number of rotatable bonds is 4. The molecule has 5 rings (SSSR count). The third kappa shape index (κ3) is 5.80. The topological polar surface area (TPSA) is 86.2 Å². The van der Waals surface area contributed by atoms with E-state index in [2.05, 4.69) is 56.2 Å².